The zero-order valence-electron chi connectivity index (χ0n) is 11.6. The normalized spacial score (nSPS) is 16.8. The Morgan fingerprint density at radius 3 is 2.95 bits per heavy atom. The number of carbonyl (C=O) groups excluding carboxylic acids is 1. The lowest BCUT2D eigenvalue weighted by Gasteiger charge is -2.28. The summed E-state index contributed by atoms with van der Waals surface area (Å²) in [6, 6.07) is 11.6. The van der Waals surface area contributed by atoms with Crippen molar-refractivity contribution in [3.05, 3.63) is 52.6 Å². The number of benzene rings is 1. The molecule has 0 fully saturated rings. The Balaban J connectivity index is 1.79. The van der Waals surface area contributed by atoms with Crippen LogP contribution in [0.5, 0.6) is 5.75 Å². The highest BCUT2D eigenvalue weighted by Gasteiger charge is 2.29. The van der Waals surface area contributed by atoms with E-state index in [0.717, 1.165) is 15.8 Å². The average molecular weight is 347 g/mol. The van der Waals surface area contributed by atoms with Crippen molar-refractivity contribution in [2.24, 2.45) is 5.92 Å². The molecule has 0 spiro atoms. The molecule has 0 saturated heterocycles. The number of anilines is 1. The van der Waals surface area contributed by atoms with Crippen molar-refractivity contribution in [1.29, 1.82) is 0 Å². The van der Waals surface area contributed by atoms with Crippen LogP contribution in [0.1, 0.15) is 5.56 Å². The Labute approximate surface area is 131 Å². The van der Waals surface area contributed by atoms with Crippen LogP contribution in [0.25, 0.3) is 0 Å². The molecule has 2 aromatic rings. The van der Waals surface area contributed by atoms with E-state index in [4.69, 9.17) is 4.74 Å². The largest absolute Gasteiger partial charge is 0.492 e. The van der Waals surface area contributed by atoms with E-state index >= 15 is 0 Å². The Morgan fingerprint density at radius 2 is 2.14 bits per heavy atom. The van der Waals surface area contributed by atoms with Gasteiger partial charge in [-0.15, -0.1) is 0 Å². The topological polar surface area (TPSA) is 42.4 Å². The number of pyridine rings is 1. The van der Waals surface area contributed by atoms with E-state index in [1.165, 1.54) is 0 Å². The Hall–Kier alpha value is -1.88. The molecular formula is C16H15BrN2O2. The number of para-hydroxylation sites is 1. The molecule has 2 heterocycles. The van der Waals surface area contributed by atoms with Gasteiger partial charge in [-0.25, -0.2) is 4.98 Å². The number of ether oxygens (including phenoxy) is 1. The molecule has 0 N–H and O–H groups in total. The highest BCUT2D eigenvalue weighted by atomic mass is 79.9. The van der Waals surface area contributed by atoms with E-state index in [1.807, 2.05) is 36.4 Å². The summed E-state index contributed by atoms with van der Waals surface area (Å²) in [7, 11) is 1.75. The van der Waals surface area contributed by atoms with Crippen LogP contribution in [0.3, 0.4) is 0 Å². The van der Waals surface area contributed by atoms with Gasteiger partial charge in [0.2, 0.25) is 5.91 Å². The van der Waals surface area contributed by atoms with Gasteiger partial charge in [0.15, 0.2) is 0 Å². The SMILES string of the molecule is CN(C(=O)[C@H]1COc2ccccc2C1)c1ncccc1Br. The van der Waals surface area contributed by atoms with Crippen LogP contribution >= 0.6 is 15.9 Å². The van der Waals surface area contributed by atoms with Crippen molar-refractivity contribution >= 4 is 27.7 Å². The molecule has 0 aliphatic carbocycles. The number of amides is 1. The van der Waals surface area contributed by atoms with Gasteiger partial charge < -0.3 is 4.74 Å². The van der Waals surface area contributed by atoms with E-state index in [2.05, 4.69) is 20.9 Å². The van der Waals surface area contributed by atoms with Crippen molar-refractivity contribution in [2.75, 3.05) is 18.6 Å². The van der Waals surface area contributed by atoms with E-state index in [-0.39, 0.29) is 11.8 Å². The van der Waals surface area contributed by atoms with E-state index < -0.39 is 0 Å². The lowest BCUT2D eigenvalue weighted by molar-refractivity contribution is -0.123. The predicted octanol–water partition coefficient (Wildman–Crippen LogP) is 3.06. The molecule has 1 aromatic carbocycles. The van der Waals surface area contributed by atoms with Gasteiger partial charge in [0, 0.05) is 13.2 Å². The number of aromatic nitrogens is 1. The van der Waals surface area contributed by atoms with Crippen LogP contribution in [0, 0.1) is 5.92 Å². The smallest absolute Gasteiger partial charge is 0.234 e. The molecule has 1 atom stereocenters. The minimum atomic E-state index is -0.182. The second-order valence-electron chi connectivity index (χ2n) is 5.03. The van der Waals surface area contributed by atoms with Crippen LogP contribution in [0.4, 0.5) is 5.82 Å². The molecule has 1 aliphatic heterocycles. The van der Waals surface area contributed by atoms with Crippen LogP contribution < -0.4 is 9.64 Å². The molecular weight excluding hydrogens is 332 g/mol. The van der Waals surface area contributed by atoms with Gasteiger partial charge in [0.05, 0.1) is 10.4 Å². The Kier molecular flexibility index (Phi) is 3.92. The first-order chi connectivity index (χ1) is 10.2. The second kappa shape index (κ2) is 5.85. The van der Waals surface area contributed by atoms with Crippen LogP contribution in [0.2, 0.25) is 0 Å². The number of carbonyl (C=O) groups is 1. The van der Waals surface area contributed by atoms with Gasteiger partial charge in [-0.3, -0.25) is 9.69 Å². The zero-order chi connectivity index (χ0) is 14.8. The quantitative estimate of drug-likeness (QED) is 0.839. The maximum Gasteiger partial charge on any atom is 0.234 e. The molecule has 0 unspecified atom stereocenters. The van der Waals surface area contributed by atoms with Crippen LogP contribution in [-0.4, -0.2) is 24.5 Å². The molecule has 4 nitrogen and oxygen atoms in total. The number of hydrogen-bond donors (Lipinski definition) is 0. The molecule has 0 bridgehead atoms. The van der Waals surface area contributed by atoms with E-state index in [9.17, 15) is 4.79 Å². The van der Waals surface area contributed by atoms with Gasteiger partial charge in [-0.05, 0) is 46.1 Å². The molecule has 1 aliphatic rings. The molecule has 5 heteroatoms. The van der Waals surface area contributed by atoms with Gasteiger partial charge in [-0.1, -0.05) is 18.2 Å². The van der Waals surface area contributed by atoms with E-state index in [0.29, 0.717) is 18.8 Å². The summed E-state index contributed by atoms with van der Waals surface area (Å²) < 4.78 is 6.50. The average Bonchev–Trinajstić information content (AvgIpc) is 2.53. The molecule has 0 radical (unpaired) electrons. The summed E-state index contributed by atoms with van der Waals surface area (Å²) in [4.78, 5) is 18.5. The Morgan fingerprint density at radius 1 is 1.33 bits per heavy atom. The van der Waals surface area contributed by atoms with Crippen molar-refractivity contribution in [3.63, 3.8) is 0 Å². The fourth-order valence-corrected chi connectivity index (χ4v) is 3.01. The van der Waals surface area contributed by atoms with Gasteiger partial charge in [0.25, 0.3) is 0 Å². The third kappa shape index (κ3) is 2.78. The second-order valence-corrected chi connectivity index (χ2v) is 5.88. The van der Waals surface area contributed by atoms with Crippen molar-refractivity contribution in [2.45, 2.75) is 6.42 Å². The summed E-state index contributed by atoms with van der Waals surface area (Å²) in [5.41, 5.74) is 1.08. The first kappa shape index (κ1) is 14.1. The summed E-state index contributed by atoms with van der Waals surface area (Å²) in [5, 5.41) is 0. The highest BCUT2D eigenvalue weighted by Crippen LogP contribution is 2.29. The monoisotopic (exact) mass is 346 g/mol. The zero-order valence-corrected chi connectivity index (χ0v) is 13.2. The number of halogens is 1. The first-order valence-electron chi connectivity index (χ1n) is 6.75. The summed E-state index contributed by atoms with van der Waals surface area (Å²) in [6.45, 7) is 0.407. The third-order valence-electron chi connectivity index (χ3n) is 3.62. The third-order valence-corrected chi connectivity index (χ3v) is 4.23. The summed E-state index contributed by atoms with van der Waals surface area (Å²) in [5.74, 6) is 1.34. The fraction of sp³-hybridized carbons (Fsp3) is 0.250. The molecule has 1 amide bonds. The standard InChI is InChI=1S/C16H15BrN2O2/c1-19(15-13(17)6-4-8-18-15)16(20)12-9-11-5-2-3-7-14(11)21-10-12/h2-8,12H,9-10H2,1H3/t12-/m1/s1. The summed E-state index contributed by atoms with van der Waals surface area (Å²) >= 11 is 3.43. The van der Waals surface area contributed by atoms with Crippen LogP contribution in [0.15, 0.2) is 47.1 Å². The predicted molar refractivity (Wildman–Crippen MR) is 84.5 cm³/mol. The van der Waals surface area contributed by atoms with Gasteiger partial charge in [0.1, 0.15) is 18.2 Å². The first-order valence-corrected chi connectivity index (χ1v) is 7.55. The Bertz CT molecular complexity index is 675. The fourth-order valence-electron chi connectivity index (χ4n) is 2.49. The number of rotatable bonds is 2. The molecule has 0 saturated carbocycles. The highest BCUT2D eigenvalue weighted by molar-refractivity contribution is 9.10. The van der Waals surface area contributed by atoms with Crippen molar-refractivity contribution in [3.8, 4) is 5.75 Å². The minimum absolute atomic E-state index is 0.0175. The van der Waals surface area contributed by atoms with Gasteiger partial charge in [-0.2, -0.15) is 0 Å². The van der Waals surface area contributed by atoms with E-state index in [1.54, 1.807) is 18.1 Å². The number of hydrogen-bond acceptors (Lipinski definition) is 3. The van der Waals surface area contributed by atoms with Crippen molar-refractivity contribution < 1.29 is 9.53 Å². The summed E-state index contributed by atoms with van der Waals surface area (Å²) in [6.07, 6.45) is 2.38. The van der Waals surface area contributed by atoms with Gasteiger partial charge >= 0.3 is 0 Å². The number of fused-ring (bicyclic) bond motifs is 1. The molecule has 21 heavy (non-hydrogen) atoms. The number of nitrogens with zero attached hydrogens (tertiary/aromatic N) is 2. The maximum absolute atomic E-state index is 12.6. The molecule has 3 rings (SSSR count). The van der Waals surface area contributed by atoms with Crippen LogP contribution in [-0.2, 0) is 11.2 Å². The van der Waals surface area contributed by atoms with Crippen molar-refractivity contribution in [1.82, 2.24) is 4.98 Å². The lowest BCUT2D eigenvalue weighted by atomic mass is 9.95. The minimum Gasteiger partial charge on any atom is -0.492 e. The molecule has 108 valence electrons. The molecule has 1 aromatic heterocycles. The maximum atomic E-state index is 12.6. The lowest BCUT2D eigenvalue weighted by Crippen LogP contribution is -2.39.